The molecule has 2 unspecified atom stereocenters. The van der Waals surface area contributed by atoms with Gasteiger partial charge in [-0.2, -0.15) is 0 Å². The Morgan fingerprint density at radius 3 is 2.43 bits per heavy atom. The number of hydrogen-bond acceptors (Lipinski definition) is 2. The number of nitrogens with one attached hydrogen (secondary N) is 2. The Hall–Kier alpha value is -2.18. The summed E-state index contributed by atoms with van der Waals surface area (Å²) < 4.78 is 28.0. The Balaban J connectivity index is 1.53. The van der Waals surface area contributed by atoms with Crippen LogP contribution < -0.4 is 10.6 Å². The fraction of sp³-hybridized carbons (Fsp3) is 0.619. The second-order valence-electron chi connectivity index (χ2n) is 7.95. The van der Waals surface area contributed by atoms with E-state index in [2.05, 4.69) is 15.6 Å². The van der Waals surface area contributed by atoms with Gasteiger partial charge in [0.05, 0.1) is 0 Å². The number of piperidine rings is 1. The first-order valence-corrected chi connectivity index (χ1v) is 10.2. The molecule has 1 aliphatic heterocycles. The second kappa shape index (κ2) is 8.88. The molecule has 2 N–H and O–H groups in total. The average Bonchev–Trinajstić information content (AvgIpc) is 3.40. The van der Waals surface area contributed by atoms with Crippen molar-refractivity contribution in [2.75, 3.05) is 19.6 Å². The summed E-state index contributed by atoms with van der Waals surface area (Å²) in [4.78, 5) is 18.5. The normalized spacial score (nSPS) is 23.1. The summed E-state index contributed by atoms with van der Waals surface area (Å²) in [6.45, 7) is 7.89. The Labute approximate surface area is 165 Å². The lowest BCUT2D eigenvalue weighted by molar-refractivity contribution is -0.135. The van der Waals surface area contributed by atoms with Crippen molar-refractivity contribution in [2.45, 2.75) is 58.0 Å². The van der Waals surface area contributed by atoms with Crippen molar-refractivity contribution in [2.24, 2.45) is 10.9 Å². The van der Waals surface area contributed by atoms with Gasteiger partial charge in [-0.25, -0.2) is 8.78 Å². The zero-order valence-electron chi connectivity index (χ0n) is 16.8. The molecule has 154 valence electrons. The fourth-order valence-corrected chi connectivity index (χ4v) is 3.81. The van der Waals surface area contributed by atoms with Crippen LogP contribution in [0.25, 0.3) is 0 Å². The standard InChI is InChI=1S/C21H30F2N4O/c1-4-24-21(25-14-8-10-27(11-9-14)20(28)13(2)3)26-18-12-15(18)19-16(22)6-5-7-17(19)23/h5-7,13-15,18H,4,8-12H2,1-3H3,(H2,24,25,26). The summed E-state index contributed by atoms with van der Waals surface area (Å²) in [7, 11) is 0. The van der Waals surface area contributed by atoms with Crippen LogP contribution in [-0.4, -0.2) is 48.5 Å². The van der Waals surface area contributed by atoms with Crippen LogP contribution in [0.4, 0.5) is 8.78 Å². The molecule has 1 saturated carbocycles. The number of likely N-dealkylation sites (tertiary alicyclic amines) is 1. The summed E-state index contributed by atoms with van der Waals surface area (Å²) >= 11 is 0. The number of rotatable bonds is 5. The van der Waals surface area contributed by atoms with Crippen molar-refractivity contribution in [1.29, 1.82) is 0 Å². The highest BCUT2D eigenvalue weighted by Gasteiger charge is 2.42. The van der Waals surface area contributed by atoms with E-state index >= 15 is 0 Å². The number of carbonyl (C=O) groups is 1. The van der Waals surface area contributed by atoms with E-state index in [4.69, 9.17) is 0 Å². The van der Waals surface area contributed by atoms with Gasteiger partial charge in [0, 0.05) is 49.1 Å². The molecule has 2 aliphatic rings. The van der Waals surface area contributed by atoms with Crippen molar-refractivity contribution in [3.05, 3.63) is 35.4 Å². The molecular formula is C21H30F2N4O. The molecule has 0 bridgehead atoms. The third-order valence-corrected chi connectivity index (χ3v) is 5.44. The van der Waals surface area contributed by atoms with E-state index in [9.17, 15) is 13.6 Å². The maximum Gasteiger partial charge on any atom is 0.225 e. The molecule has 2 atom stereocenters. The highest BCUT2D eigenvalue weighted by Crippen LogP contribution is 2.43. The van der Waals surface area contributed by atoms with Gasteiger partial charge in [-0.1, -0.05) is 19.9 Å². The minimum absolute atomic E-state index is 0.0215. The highest BCUT2D eigenvalue weighted by molar-refractivity contribution is 5.81. The molecule has 1 aromatic carbocycles. The molecule has 5 nitrogen and oxygen atoms in total. The Morgan fingerprint density at radius 2 is 1.86 bits per heavy atom. The first-order valence-electron chi connectivity index (χ1n) is 10.2. The van der Waals surface area contributed by atoms with Crippen LogP contribution in [0, 0.1) is 17.6 Å². The number of carbonyl (C=O) groups excluding carboxylic acids is 1. The molecule has 1 heterocycles. The first-order chi connectivity index (χ1) is 13.4. The van der Waals surface area contributed by atoms with E-state index < -0.39 is 11.6 Å². The molecule has 0 spiro atoms. The van der Waals surface area contributed by atoms with Crippen LogP contribution in [0.15, 0.2) is 23.2 Å². The smallest absolute Gasteiger partial charge is 0.225 e. The number of guanidine groups is 1. The third-order valence-electron chi connectivity index (χ3n) is 5.44. The zero-order chi connectivity index (χ0) is 20.3. The Morgan fingerprint density at radius 1 is 1.21 bits per heavy atom. The fourth-order valence-electron chi connectivity index (χ4n) is 3.81. The van der Waals surface area contributed by atoms with E-state index in [0.29, 0.717) is 18.9 Å². The highest BCUT2D eigenvalue weighted by atomic mass is 19.1. The molecule has 1 saturated heterocycles. The summed E-state index contributed by atoms with van der Waals surface area (Å²) in [5.41, 5.74) is 0.163. The third kappa shape index (κ3) is 4.80. The van der Waals surface area contributed by atoms with Crippen LogP contribution in [0.1, 0.15) is 51.5 Å². The lowest BCUT2D eigenvalue weighted by Crippen LogP contribution is -2.50. The summed E-state index contributed by atoms with van der Waals surface area (Å²) in [6, 6.07) is 4.21. The van der Waals surface area contributed by atoms with Crippen molar-refractivity contribution in [3.8, 4) is 0 Å². The van der Waals surface area contributed by atoms with Crippen molar-refractivity contribution >= 4 is 11.9 Å². The second-order valence-corrected chi connectivity index (χ2v) is 7.95. The van der Waals surface area contributed by atoms with Gasteiger partial charge in [0.25, 0.3) is 0 Å². The quantitative estimate of drug-likeness (QED) is 0.598. The number of amides is 1. The van der Waals surface area contributed by atoms with Crippen molar-refractivity contribution in [3.63, 3.8) is 0 Å². The van der Waals surface area contributed by atoms with Crippen LogP contribution >= 0.6 is 0 Å². The molecule has 1 amide bonds. The Kier molecular flexibility index (Phi) is 6.52. The summed E-state index contributed by atoms with van der Waals surface area (Å²) in [5.74, 6) is -0.242. The van der Waals surface area contributed by atoms with Gasteiger partial charge in [0.2, 0.25) is 5.91 Å². The van der Waals surface area contributed by atoms with Gasteiger partial charge < -0.3 is 15.5 Å². The van der Waals surface area contributed by atoms with Gasteiger partial charge >= 0.3 is 0 Å². The van der Waals surface area contributed by atoms with Crippen LogP contribution in [0.5, 0.6) is 0 Å². The number of nitrogens with zero attached hydrogens (tertiary/aromatic N) is 2. The molecule has 28 heavy (non-hydrogen) atoms. The van der Waals surface area contributed by atoms with Gasteiger partial charge in [0.15, 0.2) is 5.96 Å². The average molecular weight is 392 g/mol. The molecule has 1 aliphatic carbocycles. The van der Waals surface area contributed by atoms with Gasteiger partial charge in [0.1, 0.15) is 11.6 Å². The van der Waals surface area contributed by atoms with E-state index in [-0.39, 0.29) is 35.4 Å². The summed E-state index contributed by atoms with van der Waals surface area (Å²) in [6.07, 6.45) is 2.40. The zero-order valence-corrected chi connectivity index (χ0v) is 16.8. The predicted octanol–water partition coefficient (Wildman–Crippen LogP) is 3.02. The minimum Gasteiger partial charge on any atom is -0.354 e. The largest absolute Gasteiger partial charge is 0.354 e. The van der Waals surface area contributed by atoms with Crippen LogP contribution in [-0.2, 0) is 4.79 Å². The lowest BCUT2D eigenvalue weighted by Gasteiger charge is -2.34. The molecular weight excluding hydrogens is 362 g/mol. The topological polar surface area (TPSA) is 56.7 Å². The maximum atomic E-state index is 14.0. The van der Waals surface area contributed by atoms with Crippen LogP contribution in [0.3, 0.4) is 0 Å². The maximum absolute atomic E-state index is 14.0. The van der Waals surface area contributed by atoms with E-state index in [0.717, 1.165) is 25.9 Å². The van der Waals surface area contributed by atoms with Gasteiger partial charge in [-0.05, 0) is 38.3 Å². The van der Waals surface area contributed by atoms with Crippen molar-refractivity contribution < 1.29 is 13.6 Å². The Bertz CT molecular complexity index is 709. The van der Waals surface area contributed by atoms with Gasteiger partial charge in [-0.3, -0.25) is 9.79 Å². The number of aliphatic imine (C=N–C) groups is 1. The van der Waals surface area contributed by atoms with Crippen LogP contribution in [0.2, 0.25) is 0 Å². The summed E-state index contributed by atoms with van der Waals surface area (Å²) in [5, 5.41) is 6.75. The predicted molar refractivity (Wildman–Crippen MR) is 106 cm³/mol. The molecule has 3 rings (SSSR count). The minimum atomic E-state index is -0.488. The van der Waals surface area contributed by atoms with E-state index in [1.165, 1.54) is 18.2 Å². The molecule has 7 heteroatoms. The van der Waals surface area contributed by atoms with Gasteiger partial charge in [-0.15, -0.1) is 0 Å². The lowest BCUT2D eigenvalue weighted by atomic mass is 10.0. The van der Waals surface area contributed by atoms with Crippen molar-refractivity contribution in [1.82, 2.24) is 15.5 Å². The molecule has 0 radical (unpaired) electrons. The number of hydrogen-bond donors (Lipinski definition) is 2. The molecule has 0 aromatic heterocycles. The molecule has 1 aromatic rings. The monoisotopic (exact) mass is 392 g/mol. The first kappa shape index (κ1) is 20.6. The number of benzene rings is 1. The SMILES string of the molecule is CCN=C(NC1CCN(C(=O)C(C)C)CC1)NC1CC1c1c(F)cccc1F. The number of halogens is 2. The molecule has 2 fully saturated rings. The van der Waals surface area contributed by atoms with E-state index in [1.807, 2.05) is 25.7 Å². The van der Waals surface area contributed by atoms with E-state index in [1.54, 1.807) is 0 Å².